The van der Waals surface area contributed by atoms with Gasteiger partial charge < -0.3 is 9.64 Å². The monoisotopic (exact) mass is 291 g/mol. The van der Waals surface area contributed by atoms with Crippen molar-refractivity contribution in [3.8, 4) is 0 Å². The van der Waals surface area contributed by atoms with Crippen molar-refractivity contribution in [2.75, 3.05) is 13.7 Å². The van der Waals surface area contributed by atoms with Crippen LogP contribution in [0, 0.1) is 0 Å². The Balaban J connectivity index is 1.74. The first kappa shape index (κ1) is 13.5. The largest absolute Gasteiger partial charge is 0.365 e. The van der Waals surface area contributed by atoms with Crippen LogP contribution in [0.2, 0.25) is 0 Å². The van der Waals surface area contributed by atoms with Gasteiger partial charge in [-0.1, -0.05) is 6.07 Å². The molecule has 2 aromatic rings. The van der Waals surface area contributed by atoms with Crippen molar-refractivity contribution in [3.05, 3.63) is 23.8 Å². The fourth-order valence-electron chi connectivity index (χ4n) is 2.62. The van der Waals surface area contributed by atoms with E-state index in [0.717, 1.165) is 29.4 Å². The average molecular weight is 291 g/mol. The normalized spacial score (nSPS) is 22.3. The van der Waals surface area contributed by atoms with Crippen LogP contribution >= 0.6 is 11.7 Å². The van der Waals surface area contributed by atoms with Gasteiger partial charge in [0.25, 0.3) is 5.91 Å². The van der Waals surface area contributed by atoms with E-state index in [2.05, 4.69) is 8.75 Å². The van der Waals surface area contributed by atoms with E-state index in [4.69, 9.17) is 4.74 Å². The van der Waals surface area contributed by atoms with Gasteiger partial charge in [0.05, 0.1) is 11.7 Å². The van der Waals surface area contributed by atoms with Crippen molar-refractivity contribution in [1.29, 1.82) is 0 Å². The Morgan fingerprint density at radius 3 is 3.00 bits per heavy atom. The zero-order chi connectivity index (χ0) is 14.2. The fourth-order valence-corrected chi connectivity index (χ4v) is 3.14. The van der Waals surface area contributed by atoms with E-state index in [1.165, 1.54) is 11.7 Å². The van der Waals surface area contributed by atoms with Gasteiger partial charge in [-0.15, -0.1) is 0 Å². The lowest BCUT2D eigenvalue weighted by Gasteiger charge is -2.28. The van der Waals surface area contributed by atoms with Crippen LogP contribution in [0.1, 0.15) is 25.3 Å². The lowest BCUT2D eigenvalue weighted by molar-refractivity contribution is -0.150. The summed E-state index contributed by atoms with van der Waals surface area (Å²) >= 11 is 1.21. The standard InChI is InChI=1S/C14H17N3O2S/c1-14(6-3-7-19-14)13(18)17(2)9-10-4-5-11-12(8-10)16-20-15-11/h4-5,8H,3,6-7,9H2,1-2H3/t14-/m1/s1. The SMILES string of the molecule is CN(Cc1ccc2nsnc2c1)C(=O)[C@@]1(C)CCCO1. The highest BCUT2D eigenvalue weighted by atomic mass is 32.1. The van der Waals surface area contributed by atoms with Crippen LogP contribution in [0.4, 0.5) is 0 Å². The van der Waals surface area contributed by atoms with Crippen molar-refractivity contribution in [1.82, 2.24) is 13.6 Å². The summed E-state index contributed by atoms with van der Waals surface area (Å²) < 4.78 is 14.0. The van der Waals surface area contributed by atoms with Crippen molar-refractivity contribution in [2.45, 2.75) is 31.9 Å². The van der Waals surface area contributed by atoms with Crippen LogP contribution < -0.4 is 0 Å². The summed E-state index contributed by atoms with van der Waals surface area (Å²) in [6, 6.07) is 5.92. The first-order valence-corrected chi connectivity index (χ1v) is 7.42. The van der Waals surface area contributed by atoms with Gasteiger partial charge in [-0.3, -0.25) is 4.79 Å². The van der Waals surface area contributed by atoms with E-state index in [9.17, 15) is 4.79 Å². The number of ether oxygens (including phenoxy) is 1. The van der Waals surface area contributed by atoms with Crippen LogP contribution in [0.3, 0.4) is 0 Å². The van der Waals surface area contributed by atoms with Gasteiger partial charge >= 0.3 is 0 Å². The summed E-state index contributed by atoms with van der Waals surface area (Å²) in [7, 11) is 1.82. The molecule has 1 aromatic carbocycles. The third-order valence-electron chi connectivity index (χ3n) is 3.76. The first-order valence-electron chi connectivity index (χ1n) is 6.69. The molecule has 0 spiro atoms. The van der Waals surface area contributed by atoms with Crippen LogP contribution in [-0.4, -0.2) is 38.8 Å². The predicted octanol–water partition coefficient (Wildman–Crippen LogP) is 2.22. The Morgan fingerprint density at radius 1 is 1.45 bits per heavy atom. The van der Waals surface area contributed by atoms with Gasteiger partial charge in [-0.05, 0) is 37.5 Å². The van der Waals surface area contributed by atoms with Gasteiger partial charge in [0.1, 0.15) is 16.6 Å². The Kier molecular flexibility index (Phi) is 3.43. The predicted molar refractivity (Wildman–Crippen MR) is 77.5 cm³/mol. The molecule has 106 valence electrons. The molecule has 0 N–H and O–H groups in total. The number of fused-ring (bicyclic) bond motifs is 1. The second kappa shape index (κ2) is 5.10. The quantitative estimate of drug-likeness (QED) is 0.870. The van der Waals surface area contributed by atoms with Gasteiger partial charge in [-0.25, -0.2) is 0 Å². The minimum Gasteiger partial charge on any atom is -0.365 e. The summed E-state index contributed by atoms with van der Waals surface area (Å²) in [4.78, 5) is 14.2. The Bertz CT molecular complexity index is 634. The number of carbonyl (C=O) groups is 1. The molecule has 1 aliphatic heterocycles. The van der Waals surface area contributed by atoms with E-state index < -0.39 is 5.60 Å². The molecular weight excluding hydrogens is 274 g/mol. The number of benzene rings is 1. The molecule has 6 heteroatoms. The highest BCUT2D eigenvalue weighted by molar-refractivity contribution is 7.00. The van der Waals surface area contributed by atoms with Crippen LogP contribution in [0.5, 0.6) is 0 Å². The molecule has 2 heterocycles. The second-order valence-electron chi connectivity index (χ2n) is 5.43. The Hall–Kier alpha value is -1.53. The molecule has 1 aliphatic rings. The maximum absolute atomic E-state index is 12.5. The summed E-state index contributed by atoms with van der Waals surface area (Å²) in [5.74, 6) is 0.0477. The number of hydrogen-bond donors (Lipinski definition) is 0. The van der Waals surface area contributed by atoms with E-state index in [0.29, 0.717) is 13.2 Å². The van der Waals surface area contributed by atoms with Gasteiger partial charge in [-0.2, -0.15) is 8.75 Å². The van der Waals surface area contributed by atoms with Crippen molar-refractivity contribution >= 4 is 28.7 Å². The van der Waals surface area contributed by atoms with E-state index in [-0.39, 0.29) is 5.91 Å². The maximum atomic E-state index is 12.5. The summed E-state index contributed by atoms with van der Waals surface area (Å²) in [6.45, 7) is 3.12. The van der Waals surface area contributed by atoms with Crippen LogP contribution in [0.15, 0.2) is 18.2 Å². The van der Waals surface area contributed by atoms with Gasteiger partial charge in [0, 0.05) is 20.2 Å². The van der Waals surface area contributed by atoms with Crippen molar-refractivity contribution < 1.29 is 9.53 Å². The number of nitrogens with zero attached hydrogens (tertiary/aromatic N) is 3. The molecule has 1 aromatic heterocycles. The number of aromatic nitrogens is 2. The Morgan fingerprint density at radius 2 is 2.25 bits per heavy atom. The second-order valence-corrected chi connectivity index (χ2v) is 5.96. The third-order valence-corrected chi connectivity index (χ3v) is 4.31. The third kappa shape index (κ3) is 2.41. The van der Waals surface area contributed by atoms with Crippen molar-refractivity contribution in [2.24, 2.45) is 0 Å². The molecule has 5 nitrogen and oxygen atoms in total. The number of likely N-dealkylation sites (N-methyl/N-ethyl adjacent to an activating group) is 1. The molecule has 0 saturated carbocycles. The number of amides is 1. The average Bonchev–Trinajstić information content (AvgIpc) is 3.06. The number of rotatable bonds is 3. The molecule has 0 bridgehead atoms. The first-order chi connectivity index (χ1) is 9.58. The molecule has 20 heavy (non-hydrogen) atoms. The number of carbonyl (C=O) groups excluding carboxylic acids is 1. The van der Waals surface area contributed by atoms with Crippen LogP contribution in [-0.2, 0) is 16.1 Å². The molecule has 3 rings (SSSR count). The molecule has 1 amide bonds. The zero-order valence-corrected chi connectivity index (χ0v) is 12.4. The molecular formula is C14H17N3O2S. The highest BCUT2D eigenvalue weighted by Crippen LogP contribution is 2.27. The smallest absolute Gasteiger partial charge is 0.254 e. The van der Waals surface area contributed by atoms with Crippen LogP contribution in [0.25, 0.3) is 11.0 Å². The summed E-state index contributed by atoms with van der Waals surface area (Å²) in [5, 5.41) is 0. The molecule has 1 saturated heterocycles. The highest BCUT2D eigenvalue weighted by Gasteiger charge is 2.39. The Labute approximate surface area is 121 Å². The van der Waals surface area contributed by atoms with E-state index in [1.54, 1.807) is 4.90 Å². The lowest BCUT2D eigenvalue weighted by atomic mass is 10.0. The molecule has 0 radical (unpaired) electrons. The topological polar surface area (TPSA) is 55.3 Å². The molecule has 1 atom stereocenters. The summed E-state index contributed by atoms with van der Waals surface area (Å²) in [6.07, 6.45) is 1.75. The maximum Gasteiger partial charge on any atom is 0.254 e. The van der Waals surface area contributed by atoms with Gasteiger partial charge in [0.15, 0.2) is 0 Å². The van der Waals surface area contributed by atoms with E-state index >= 15 is 0 Å². The molecule has 0 unspecified atom stereocenters. The minimum absolute atomic E-state index is 0.0477. The number of hydrogen-bond acceptors (Lipinski definition) is 5. The van der Waals surface area contributed by atoms with E-state index in [1.807, 2.05) is 32.2 Å². The molecule has 1 fully saturated rings. The fraction of sp³-hybridized carbons (Fsp3) is 0.500. The lowest BCUT2D eigenvalue weighted by Crippen LogP contribution is -2.44. The zero-order valence-electron chi connectivity index (χ0n) is 11.6. The summed E-state index contributed by atoms with van der Waals surface area (Å²) in [5.41, 5.74) is 2.19. The minimum atomic E-state index is -0.652. The molecule has 0 aliphatic carbocycles. The van der Waals surface area contributed by atoms with Gasteiger partial charge in [0.2, 0.25) is 0 Å². The van der Waals surface area contributed by atoms with Crippen molar-refractivity contribution in [3.63, 3.8) is 0 Å².